The first kappa shape index (κ1) is 78.3. The van der Waals surface area contributed by atoms with Crippen molar-refractivity contribution < 1.29 is 67.3 Å². The van der Waals surface area contributed by atoms with E-state index in [1.807, 2.05) is 50.2 Å². The number of carbonyl (C=O) groups excluding carboxylic acids is 11. The molecule has 0 aromatic heterocycles. The Hall–Kier alpha value is -8.35. The number of rotatable bonds is 39. The van der Waals surface area contributed by atoms with Gasteiger partial charge in [0.2, 0.25) is 41.4 Å². The van der Waals surface area contributed by atoms with Crippen LogP contribution in [0, 0.1) is 29.6 Å². The van der Waals surface area contributed by atoms with Crippen LogP contribution in [0.4, 0.5) is 10.5 Å². The highest BCUT2D eigenvalue weighted by Crippen LogP contribution is 2.31. The summed E-state index contributed by atoms with van der Waals surface area (Å²) >= 11 is 0. The first-order valence-electron chi connectivity index (χ1n) is 33.8. The number of imide groups is 1. The van der Waals surface area contributed by atoms with Crippen LogP contribution >= 0.6 is 0 Å². The summed E-state index contributed by atoms with van der Waals surface area (Å²) in [7, 11) is 4.48. The molecule has 526 valence electrons. The zero-order valence-electron chi connectivity index (χ0n) is 57.8. The molecule has 24 heteroatoms. The summed E-state index contributed by atoms with van der Waals surface area (Å²) in [6.45, 7) is 15.1. The van der Waals surface area contributed by atoms with Crippen molar-refractivity contribution in [2.75, 3.05) is 46.2 Å². The lowest BCUT2D eigenvalue weighted by Crippen LogP contribution is -2.59. The van der Waals surface area contributed by atoms with E-state index in [2.05, 4.69) is 26.6 Å². The Morgan fingerprint density at radius 3 is 1.96 bits per heavy atom. The molecule has 0 radical (unpaired) electrons. The SMILES string of the molecule is CC[C@H](C)[C@@H]([C@H](C=O)CC(=O)N1CCC[C@H]1[C@H](OC)[C@@H](C)C(=O)N[C@H](C)[C@@H](O)c1ccccc1)N(C)C(=O)[C@@H](NC(=O)C(C(C)C)N(C)C(=O)OCc1ccc(NC(=O)[C@H](CCCCN)NC(=O)[C@H](Cc2ccccc2)NC(=O)CCCCCN2C(=O)C=CC2=O)cc1)C(C)C. The van der Waals surface area contributed by atoms with E-state index in [1.54, 1.807) is 102 Å². The van der Waals surface area contributed by atoms with E-state index in [-0.39, 0.29) is 74.3 Å². The van der Waals surface area contributed by atoms with Gasteiger partial charge in [-0.1, -0.05) is 134 Å². The van der Waals surface area contributed by atoms with Gasteiger partial charge in [-0.3, -0.25) is 53.0 Å². The normalized spacial score (nSPS) is 17.2. The number of nitrogens with one attached hydrogen (secondary N) is 5. The van der Waals surface area contributed by atoms with Gasteiger partial charge in [0.15, 0.2) is 0 Å². The first-order chi connectivity index (χ1) is 45.8. The quantitative estimate of drug-likeness (QED) is 0.0192. The summed E-state index contributed by atoms with van der Waals surface area (Å²) in [5, 5.41) is 25.3. The van der Waals surface area contributed by atoms with Crippen molar-refractivity contribution >= 4 is 71.2 Å². The fourth-order valence-electron chi connectivity index (χ4n) is 12.6. The van der Waals surface area contributed by atoms with E-state index in [1.165, 1.54) is 36.1 Å². The highest BCUT2D eigenvalue weighted by atomic mass is 16.6. The van der Waals surface area contributed by atoms with Crippen LogP contribution in [0.2, 0.25) is 0 Å². The Morgan fingerprint density at radius 1 is 0.719 bits per heavy atom. The first-order valence-corrected chi connectivity index (χ1v) is 33.8. The minimum absolute atomic E-state index is 0.0949. The highest BCUT2D eigenvalue weighted by molar-refractivity contribution is 6.12. The predicted molar refractivity (Wildman–Crippen MR) is 364 cm³/mol. The number of methoxy groups -OCH3 is 1. The predicted octanol–water partition coefficient (Wildman–Crippen LogP) is 6.14. The maximum absolute atomic E-state index is 14.8. The second-order valence-electron chi connectivity index (χ2n) is 26.2. The average molecular weight is 1330 g/mol. The van der Waals surface area contributed by atoms with Crippen molar-refractivity contribution in [2.45, 2.75) is 194 Å². The smallest absolute Gasteiger partial charge is 0.410 e. The third-order valence-electron chi connectivity index (χ3n) is 18.3. The van der Waals surface area contributed by atoms with Crippen molar-refractivity contribution in [3.8, 4) is 0 Å². The van der Waals surface area contributed by atoms with Crippen molar-refractivity contribution in [1.82, 2.24) is 40.9 Å². The van der Waals surface area contributed by atoms with Gasteiger partial charge in [0.1, 0.15) is 37.1 Å². The van der Waals surface area contributed by atoms with Gasteiger partial charge in [0.25, 0.3) is 11.8 Å². The fraction of sp³-hybridized carbons (Fsp3) is 0.569. The molecule has 1 fully saturated rings. The van der Waals surface area contributed by atoms with Gasteiger partial charge in [-0.2, -0.15) is 0 Å². The molecule has 10 amide bonds. The van der Waals surface area contributed by atoms with Crippen molar-refractivity contribution in [3.05, 3.63) is 114 Å². The minimum atomic E-state index is -1.11. The maximum atomic E-state index is 14.8. The van der Waals surface area contributed by atoms with Crippen molar-refractivity contribution in [3.63, 3.8) is 0 Å². The number of ether oxygens (including phenoxy) is 2. The highest BCUT2D eigenvalue weighted by Gasteiger charge is 2.44. The number of hydrogen-bond donors (Lipinski definition) is 7. The minimum Gasteiger partial charge on any atom is -0.445 e. The summed E-state index contributed by atoms with van der Waals surface area (Å²) < 4.78 is 11.6. The van der Waals surface area contributed by atoms with Gasteiger partial charge in [0, 0.05) is 83.4 Å². The summed E-state index contributed by atoms with van der Waals surface area (Å²) in [6.07, 6.45) is 5.30. The number of likely N-dealkylation sites (N-methyl/N-ethyl adjacent to an activating group) is 2. The van der Waals surface area contributed by atoms with Gasteiger partial charge in [0.05, 0.1) is 30.2 Å². The lowest BCUT2D eigenvalue weighted by Gasteiger charge is -2.40. The number of amides is 10. The Kier molecular flexibility index (Phi) is 31.8. The lowest BCUT2D eigenvalue weighted by atomic mass is 9.84. The van der Waals surface area contributed by atoms with Gasteiger partial charge in [-0.15, -0.1) is 0 Å². The second-order valence-corrected chi connectivity index (χ2v) is 26.2. The number of hydrogen-bond acceptors (Lipinski definition) is 15. The van der Waals surface area contributed by atoms with Crippen LogP contribution in [0.5, 0.6) is 0 Å². The largest absolute Gasteiger partial charge is 0.445 e. The topological polar surface area (TPSA) is 326 Å². The molecule has 5 rings (SSSR count). The second kappa shape index (κ2) is 39.0. The number of benzene rings is 3. The standard InChI is InChI=1S/C72H104N10O14/c1-12-47(6)64(53(43-83)42-61(87)81-40-24-30-57(81)66(95-11)48(7)67(89)74-49(8)65(88)52-27-18-14-19-28-52)79(9)71(93)62(45(2)3)78-70(92)63(46(4)5)80(10)72(94)96-44-51-32-34-54(35-33-51)75-68(90)55(29-21-22-38-73)77-69(91)56(41-50-25-16-13-17-26-50)76-58(84)31-20-15-23-39-82-59(85)36-37-60(82)86/h13-14,16-19,25-28,32-37,43,45-49,53,55-57,62-66,88H,12,15,20-24,29-31,38-42,44,73H2,1-11H3,(H,74,89)(H,75,90)(H,76,84)(H,77,91)(H,78,92)/t47-,48+,49+,53-,55-,56-,57-,62-,63?,64-,65+,66+/m0/s1. The van der Waals surface area contributed by atoms with Crippen LogP contribution in [0.3, 0.4) is 0 Å². The number of aliphatic hydroxyl groups excluding tert-OH is 1. The molecule has 0 saturated carbocycles. The van der Waals surface area contributed by atoms with Crippen LogP contribution < -0.4 is 32.3 Å². The summed E-state index contributed by atoms with van der Waals surface area (Å²) in [5.74, 6) is -6.84. The molecule has 0 spiro atoms. The number of carbonyl (C=O) groups is 11. The monoisotopic (exact) mass is 1330 g/mol. The maximum Gasteiger partial charge on any atom is 0.410 e. The number of unbranched alkanes of at least 4 members (excludes halogenated alkanes) is 3. The Labute approximate surface area is 565 Å². The van der Waals surface area contributed by atoms with Crippen LogP contribution in [-0.4, -0.2) is 179 Å². The molecular formula is C72H104N10O14. The third-order valence-corrected chi connectivity index (χ3v) is 18.3. The molecule has 12 atom stereocenters. The molecule has 2 aliphatic heterocycles. The molecule has 1 saturated heterocycles. The molecule has 2 aliphatic rings. The summed E-state index contributed by atoms with van der Waals surface area (Å²) in [4.78, 5) is 155. The molecule has 1 unspecified atom stereocenters. The van der Waals surface area contributed by atoms with E-state index in [0.29, 0.717) is 87.6 Å². The Bertz CT molecular complexity index is 3080. The van der Waals surface area contributed by atoms with Gasteiger partial charge in [-0.05, 0) is 105 Å². The van der Waals surface area contributed by atoms with Crippen LogP contribution in [0.25, 0.3) is 0 Å². The zero-order chi connectivity index (χ0) is 70.8. The number of aldehydes is 1. The average Bonchev–Trinajstić information content (AvgIpc) is 1.29. The number of aliphatic hydroxyl groups is 1. The van der Waals surface area contributed by atoms with E-state index in [4.69, 9.17) is 15.2 Å². The number of anilines is 1. The van der Waals surface area contributed by atoms with E-state index >= 15 is 0 Å². The lowest BCUT2D eigenvalue weighted by molar-refractivity contribution is -0.145. The molecule has 96 heavy (non-hydrogen) atoms. The van der Waals surface area contributed by atoms with Crippen molar-refractivity contribution in [2.24, 2.45) is 35.3 Å². The summed E-state index contributed by atoms with van der Waals surface area (Å²) in [5.41, 5.74) is 8.16. The number of nitrogens with two attached hydrogens (primary N) is 1. The summed E-state index contributed by atoms with van der Waals surface area (Å²) in [6, 6.07) is 18.5. The van der Waals surface area contributed by atoms with Crippen LogP contribution in [0.15, 0.2) is 97.1 Å². The van der Waals surface area contributed by atoms with E-state index in [0.717, 1.165) is 10.5 Å². The Balaban J connectivity index is 1.18. The number of likely N-dealkylation sites (tertiary alicyclic amines) is 1. The molecule has 24 nitrogen and oxygen atoms in total. The van der Waals surface area contributed by atoms with Gasteiger partial charge in [-0.25, -0.2) is 4.79 Å². The number of nitrogens with zero attached hydrogens (tertiary/aromatic N) is 4. The molecule has 3 aromatic rings. The molecule has 0 bridgehead atoms. The molecule has 2 heterocycles. The zero-order valence-corrected chi connectivity index (χ0v) is 57.8. The molecular weight excluding hydrogens is 1230 g/mol. The molecule has 8 N–H and O–H groups in total. The van der Waals surface area contributed by atoms with E-state index in [9.17, 15) is 57.8 Å². The fourth-order valence-corrected chi connectivity index (χ4v) is 12.6. The van der Waals surface area contributed by atoms with Crippen LogP contribution in [0.1, 0.15) is 149 Å². The third kappa shape index (κ3) is 22.6. The molecule has 0 aliphatic carbocycles. The van der Waals surface area contributed by atoms with Crippen LogP contribution in [-0.2, 0) is 70.4 Å². The van der Waals surface area contributed by atoms with Crippen molar-refractivity contribution in [1.29, 1.82) is 0 Å². The van der Waals surface area contributed by atoms with Gasteiger partial charge < -0.3 is 61.5 Å². The van der Waals surface area contributed by atoms with Gasteiger partial charge >= 0.3 is 6.09 Å². The Morgan fingerprint density at radius 2 is 1.36 bits per heavy atom. The van der Waals surface area contributed by atoms with E-state index < -0.39 is 108 Å². The molecule has 3 aromatic carbocycles.